The smallest absolute Gasteiger partial charge is 0.341 e. The first kappa shape index (κ1) is 20.7. The van der Waals surface area contributed by atoms with Gasteiger partial charge in [-0.2, -0.15) is 0 Å². The van der Waals surface area contributed by atoms with Crippen molar-refractivity contribution in [3.8, 4) is 5.69 Å². The van der Waals surface area contributed by atoms with E-state index in [0.29, 0.717) is 23.8 Å². The quantitative estimate of drug-likeness (QED) is 0.469. The summed E-state index contributed by atoms with van der Waals surface area (Å²) in [7, 11) is 0. The molecule has 4 aromatic rings. The van der Waals surface area contributed by atoms with Gasteiger partial charge in [-0.25, -0.2) is 22.4 Å². The van der Waals surface area contributed by atoms with Crippen LogP contribution in [0.15, 0.2) is 46.0 Å². The Bertz CT molecular complexity index is 1510. The van der Waals surface area contributed by atoms with Gasteiger partial charge >= 0.3 is 5.97 Å². The third-order valence-electron chi connectivity index (χ3n) is 5.57. The normalized spacial score (nSPS) is 13.4. The molecular weight excluding hydrogens is 446 g/mol. The van der Waals surface area contributed by atoms with Gasteiger partial charge in [0.25, 0.3) is 0 Å². The van der Waals surface area contributed by atoms with Crippen LogP contribution in [-0.2, 0) is 13.0 Å². The van der Waals surface area contributed by atoms with Crippen LogP contribution in [0.3, 0.4) is 0 Å². The van der Waals surface area contributed by atoms with E-state index < -0.39 is 62.5 Å². The molecule has 0 saturated carbocycles. The molecule has 0 bridgehead atoms. The van der Waals surface area contributed by atoms with E-state index in [-0.39, 0.29) is 13.1 Å². The Hall–Kier alpha value is -4.15. The van der Waals surface area contributed by atoms with Crippen LogP contribution in [0, 0.1) is 23.3 Å². The van der Waals surface area contributed by atoms with Crippen LogP contribution in [-0.4, -0.2) is 27.3 Å². The second-order valence-electron chi connectivity index (χ2n) is 7.51. The molecule has 0 amide bonds. The molecule has 2 aromatic carbocycles. The lowest BCUT2D eigenvalue weighted by atomic mass is 10.0. The molecule has 0 radical (unpaired) electrons. The van der Waals surface area contributed by atoms with E-state index in [9.17, 15) is 23.5 Å². The molecule has 0 saturated heterocycles. The lowest BCUT2D eigenvalue weighted by molar-refractivity contribution is 0.0695. The minimum Gasteiger partial charge on any atom is -0.477 e. The van der Waals surface area contributed by atoms with Gasteiger partial charge in [0.1, 0.15) is 34.5 Å². The number of carboxylic acid groups (broad SMARTS) is 1. The number of carbonyl (C=O) groups is 1. The standard InChI is InChI=1S/C22H13F4N3O4/c23-11-1-2-16(14(24)5-11)29-9-13(22(31)32)21(30)12-6-15(25)20(18(26)19(12)29)28-4-3-17-10(8-28)7-27-33-17/h1-2,5-7,9H,3-4,8H2,(H,31,32). The Labute approximate surface area is 182 Å². The van der Waals surface area contributed by atoms with Crippen molar-refractivity contribution in [3.63, 3.8) is 0 Å². The van der Waals surface area contributed by atoms with Gasteiger partial charge < -0.3 is 19.1 Å². The molecule has 0 spiro atoms. The molecule has 33 heavy (non-hydrogen) atoms. The Morgan fingerprint density at radius 3 is 2.64 bits per heavy atom. The van der Waals surface area contributed by atoms with Crippen LogP contribution in [0.5, 0.6) is 0 Å². The van der Waals surface area contributed by atoms with E-state index in [0.717, 1.165) is 29.0 Å². The molecule has 0 aliphatic carbocycles. The number of benzene rings is 2. The molecular formula is C22H13F4N3O4. The first-order chi connectivity index (χ1) is 15.8. The monoisotopic (exact) mass is 459 g/mol. The minimum atomic E-state index is -1.67. The number of hydrogen-bond acceptors (Lipinski definition) is 5. The summed E-state index contributed by atoms with van der Waals surface area (Å²) in [4.78, 5) is 25.7. The molecule has 168 valence electrons. The lowest BCUT2D eigenvalue weighted by Gasteiger charge is -2.29. The zero-order valence-corrected chi connectivity index (χ0v) is 16.6. The van der Waals surface area contributed by atoms with Crippen LogP contribution in [0.4, 0.5) is 23.2 Å². The molecule has 0 fully saturated rings. The van der Waals surface area contributed by atoms with Gasteiger partial charge in [0.15, 0.2) is 5.82 Å². The zero-order valence-electron chi connectivity index (χ0n) is 16.6. The van der Waals surface area contributed by atoms with Crippen LogP contribution in [0.25, 0.3) is 16.6 Å². The van der Waals surface area contributed by atoms with E-state index in [1.54, 1.807) is 0 Å². The van der Waals surface area contributed by atoms with Crippen molar-refractivity contribution in [1.29, 1.82) is 0 Å². The van der Waals surface area contributed by atoms with Gasteiger partial charge in [0.2, 0.25) is 5.43 Å². The Kier molecular flexibility index (Phi) is 4.69. The highest BCUT2D eigenvalue weighted by Crippen LogP contribution is 2.34. The van der Waals surface area contributed by atoms with E-state index in [2.05, 4.69) is 5.16 Å². The first-order valence-electron chi connectivity index (χ1n) is 9.69. The molecule has 1 N–H and O–H groups in total. The fraction of sp³-hybridized carbons (Fsp3) is 0.136. The van der Waals surface area contributed by atoms with Crippen molar-refractivity contribution in [2.75, 3.05) is 11.4 Å². The number of halogens is 4. The summed E-state index contributed by atoms with van der Waals surface area (Å²) in [6.07, 6.45) is 2.49. The molecule has 2 aromatic heterocycles. The maximum absolute atomic E-state index is 15.9. The number of anilines is 1. The molecule has 1 aliphatic heterocycles. The van der Waals surface area contributed by atoms with E-state index in [1.807, 2.05) is 0 Å². The predicted octanol–water partition coefficient (Wildman–Crippen LogP) is 3.80. The van der Waals surface area contributed by atoms with Crippen molar-refractivity contribution >= 4 is 22.6 Å². The molecule has 11 heteroatoms. The molecule has 1 aliphatic rings. The van der Waals surface area contributed by atoms with Crippen molar-refractivity contribution in [3.05, 3.63) is 87.0 Å². The number of fused-ring (bicyclic) bond motifs is 2. The van der Waals surface area contributed by atoms with Gasteiger partial charge in [0.05, 0.1) is 22.8 Å². The summed E-state index contributed by atoms with van der Waals surface area (Å²) < 4.78 is 64.9. The summed E-state index contributed by atoms with van der Waals surface area (Å²) in [5.74, 6) is -5.41. The number of aromatic nitrogens is 2. The average Bonchev–Trinajstić information content (AvgIpc) is 3.22. The summed E-state index contributed by atoms with van der Waals surface area (Å²) in [6.45, 7) is 0.240. The van der Waals surface area contributed by atoms with Gasteiger partial charge in [-0.1, -0.05) is 5.16 Å². The number of hydrogen-bond donors (Lipinski definition) is 1. The topological polar surface area (TPSA) is 88.6 Å². The number of aromatic carboxylic acids is 1. The van der Waals surface area contributed by atoms with Gasteiger partial charge in [-0.3, -0.25) is 4.79 Å². The van der Waals surface area contributed by atoms with Gasteiger partial charge in [-0.15, -0.1) is 0 Å². The summed E-state index contributed by atoms with van der Waals surface area (Å²) in [6, 6.07) is 3.11. The first-order valence-corrected chi connectivity index (χ1v) is 9.69. The van der Waals surface area contributed by atoms with E-state index in [1.165, 1.54) is 11.1 Å². The largest absolute Gasteiger partial charge is 0.477 e. The average molecular weight is 459 g/mol. The molecule has 0 unspecified atom stereocenters. The highest BCUT2D eigenvalue weighted by atomic mass is 19.1. The fourth-order valence-electron chi connectivity index (χ4n) is 4.04. The third-order valence-corrected chi connectivity index (χ3v) is 5.57. The number of rotatable bonds is 3. The van der Waals surface area contributed by atoms with E-state index >= 15 is 8.78 Å². The maximum atomic E-state index is 15.9. The van der Waals surface area contributed by atoms with Crippen LogP contribution in [0.2, 0.25) is 0 Å². The van der Waals surface area contributed by atoms with Gasteiger partial charge in [0, 0.05) is 37.3 Å². The third kappa shape index (κ3) is 3.23. The minimum absolute atomic E-state index is 0.0700. The number of nitrogens with zero attached hydrogens (tertiary/aromatic N) is 3. The van der Waals surface area contributed by atoms with Crippen LogP contribution in [0.1, 0.15) is 21.7 Å². The van der Waals surface area contributed by atoms with Crippen molar-refractivity contribution < 1.29 is 32.0 Å². The summed E-state index contributed by atoms with van der Waals surface area (Å²) in [5, 5.41) is 12.5. The number of carboxylic acids is 1. The highest BCUT2D eigenvalue weighted by molar-refractivity contribution is 5.94. The molecule has 0 atom stereocenters. The lowest BCUT2D eigenvalue weighted by Crippen LogP contribution is -2.31. The Morgan fingerprint density at radius 2 is 1.91 bits per heavy atom. The van der Waals surface area contributed by atoms with Crippen molar-refractivity contribution in [1.82, 2.24) is 9.72 Å². The summed E-state index contributed by atoms with van der Waals surface area (Å²) >= 11 is 0. The van der Waals surface area contributed by atoms with Crippen LogP contribution >= 0.6 is 0 Å². The second-order valence-corrected chi connectivity index (χ2v) is 7.51. The Morgan fingerprint density at radius 1 is 1.12 bits per heavy atom. The Balaban J connectivity index is 1.82. The van der Waals surface area contributed by atoms with Gasteiger partial charge in [-0.05, 0) is 18.2 Å². The van der Waals surface area contributed by atoms with E-state index in [4.69, 9.17) is 4.52 Å². The molecule has 5 rings (SSSR count). The van der Waals surface area contributed by atoms with Crippen molar-refractivity contribution in [2.45, 2.75) is 13.0 Å². The van der Waals surface area contributed by atoms with Crippen molar-refractivity contribution in [2.24, 2.45) is 0 Å². The highest BCUT2D eigenvalue weighted by Gasteiger charge is 2.29. The van der Waals surface area contributed by atoms with Crippen LogP contribution < -0.4 is 10.3 Å². The predicted molar refractivity (Wildman–Crippen MR) is 108 cm³/mol. The number of pyridine rings is 1. The molecule has 3 heterocycles. The molecule has 7 nitrogen and oxygen atoms in total. The summed E-state index contributed by atoms with van der Waals surface area (Å²) in [5.41, 5.74) is -2.77. The maximum Gasteiger partial charge on any atom is 0.341 e. The SMILES string of the molecule is O=C(O)c1cn(-c2ccc(F)cc2F)c2c(F)c(N3CCc4oncc4C3)c(F)cc2c1=O. The fourth-order valence-corrected chi connectivity index (χ4v) is 4.04. The second kappa shape index (κ2) is 7.47. The zero-order chi connectivity index (χ0) is 23.4.